The van der Waals surface area contributed by atoms with Gasteiger partial charge in [0, 0.05) is 38.3 Å². The number of likely N-dealkylation sites (N-methyl/N-ethyl adjacent to an activating group) is 1. The Morgan fingerprint density at radius 3 is 2.23 bits per heavy atom. The van der Waals surface area contributed by atoms with E-state index in [1.807, 2.05) is 0 Å². The standard InChI is InChI=1S/C10H21N3/c1-12-5-7-13(8-6-12)9-10(11)3-2-4-10/h2-9,11H2,1H3. The molecule has 1 aliphatic heterocycles. The Bertz CT molecular complexity index is 169. The molecule has 0 unspecified atom stereocenters. The third-order valence-electron chi connectivity index (χ3n) is 3.48. The molecule has 3 heteroatoms. The van der Waals surface area contributed by atoms with E-state index in [1.165, 1.54) is 45.4 Å². The molecule has 0 radical (unpaired) electrons. The van der Waals surface area contributed by atoms with Crippen molar-refractivity contribution in [3.05, 3.63) is 0 Å². The van der Waals surface area contributed by atoms with Crippen LogP contribution in [0.1, 0.15) is 19.3 Å². The van der Waals surface area contributed by atoms with Gasteiger partial charge in [0.1, 0.15) is 0 Å². The largest absolute Gasteiger partial charge is 0.324 e. The van der Waals surface area contributed by atoms with Crippen molar-refractivity contribution in [2.45, 2.75) is 24.8 Å². The van der Waals surface area contributed by atoms with E-state index in [4.69, 9.17) is 5.73 Å². The average molecular weight is 183 g/mol. The van der Waals surface area contributed by atoms with Crippen LogP contribution in [0.25, 0.3) is 0 Å². The fourth-order valence-electron chi connectivity index (χ4n) is 2.24. The molecule has 0 aromatic heterocycles. The molecule has 1 aliphatic carbocycles. The van der Waals surface area contributed by atoms with Gasteiger partial charge in [0.15, 0.2) is 0 Å². The molecule has 0 atom stereocenters. The van der Waals surface area contributed by atoms with Crippen LogP contribution in [0.2, 0.25) is 0 Å². The Labute approximate surface area is 80.9 Å². The highest BCUT2D eigenvalue weighted by atomic mass is 15.3. The molecule has 2 N–H and O–H groups in total. The summed E-state index contributed by atoms with van der Waals surface area (Å²) in [5.74, 6) is 0. The molecule has 2 rings (SSSR count). The summed E-state index contributed by atoms with van der Waals surface area (Å²) in [6, 6.07) is 0. The van der Waals surface area contributed by atoms with E-state index < -0.39 is 0 Å². The Kier molecular flexibility index (Phi) is 2.58. The summed E-state index contributed by atoms with van der Waals surface area (Å²) >= 11 is 0. The van der Waals surface area contributed by atoms with E-state index in [0.29, 0.717) is 0 Å². The number of nitrogens with zero attached hydrogens (tertiary/aromatic N) is 2. The van der Waals surface area contributed by atoms with Gasteiger partial charge in [-0.05, 0) is 26.3 Å². The second-order valence-electron chi connectivity index (χ2n) is 4.80. The Hall–Kier alpha value is -0.120. The molecule has 2 aliphatic rings. The first kappa shape index (κ1) is 9.44. The van der Waals surface area contributed by atoms with E-state index in [-0.39, 0.29) is 5.54 Å². The predicted molar refractivity (Wildman–Crippen MR) is 54.7 cm³/mol. The van der Waals surface area contributed by atoms with Gasteiger partial charge in [0.25, 0.3) is 0 Å². The quantitative estimate of drug-likeness (QED) is 0.660. The Morgan fingerprint density at radius 1 is 1.15 bits per heavy atom. The van der Waals surface area contributed by atoms with Crippen LogP contribution in [-0.2, 0) is 0 Å². The lowest BCUT2D eigenvalue weighted by atomic mass is 9.77. The normalized spacial score (nSPS) is 30.0. The number of hydrogen-bond acceptors (Lipinski definition) is 3. The molecule has 0 spiro atoms. The van der Waals surface area contributed by atoms with Crippen molar-refractivity contribution in [1.29, 1.82) is 0 Å². The average Bonchev–Trinajstić information content (AvgIpc) is 2.06. The summed E-state index contributed by atoms with van der Waals surface area (Å²) in [4.78, 5) is 4.92. The van der Waals surface area contributed by atoms with Crippen LogP contribution in [0.3, 0.4) is 0 Å². The first-order valence-electron chi connectivity index (χ1n) is 5.38. The van der Waals surface area contributed by atoms with Gasteiger partial charge in [-0.1, -0.05) is 0 Å². The lowest BCUT2D eigenvalue weighted by molar-refractivity contribution is 0.0971. The van der Waals surface area contributed by atoms with Gasteiger partial charge in [0.2, 0.25) is 0 Å². The highest BCUT2D eigenvalue weighted by Gasteiger charge is 2.34. The van der Waals surface area contributed by atoms with Gasteiger partial charge in [0.05, 0.1) is 0 Å². The van der Waals surface area contributed by atoms with Crippen molar-refractivity contribution in [3.8, 4) is 0 Å². The topological polar surface area (TPSA) is 32.5 Å². The molecule has 1 heterocycles. The van der Waals surface area contributed by atoms with Gasteiger partial charge in [-0.15, -0.1) is 0 Å². The summed E-state index contributed by atoms with van der Waals surface area (Å²) in [6.07, 6.45) is 3.81. The number of piperazine rings is 1. The molecular weight excluding hydrogens is 162 g/mol. The third-order valence-corrected chi connectivity index (χ3v) is 3.48. The minimum atomic E-state index is 0.176. The first-order valence-corrected chi connectivity index (χ1v) is 5.38. The summed E-state index contributed by atoms with van der Waals surface area (Å²) < 4.78 is 0. The molecule has 76 valence electrons. The molecule has 0 aromatic rings. The molecule has 2 fully saturated rings. The van der Waals surface area contributed by atoms with Crippen LogP contribution in [0.5, 0.6) is 0 Å². The molecule has 1 saturated heterocycles. The number of rotatable bonds is 2. The van der Waals surface area contributed by atoms with Crippen molar-refractivity contribution in [3.63, 3.8) is 0 Å². The molecule has 0 amide bonds. The minimum Gasteiger partial charge on any atom is -0.324 e. The second kappa shape index (κ2) is 3.56. The van der Waals surface area contributed by atoms with Crippen LogP contribution in [0.15, 0.2) is 0 Å². The van der Waals surface area contributed by atoms with Crippen molar-refractivity contribution >= 4 is 0 Å². The summed E-state index contributed by atoms with van der Waals surface area (Å²) in [5, 5.41) is 0. The van der Waals surface area contributed by atoms with Gasteiger partial charge < -0.3 is 10.6 Å². The van der Waals surface area contributed by atoms with Gasteiger partial charge in [-0.2, -0.15) is 0 Å². The van der Waals surface area contributed by atoms with Crippen LogP contribution in [0.4, 0.5) is 0 Å². The Balaban J connectivity index is 1.76. The lowest BCUT2D eigenvalue weighted by Gasteiger charge is -2.44. The van der Waals surface area contributed by atoms with E-state index in [9.17, 15) is 0 Å². The Morgan fingerprint density at radius 2 is 1.77 bits per heavy atom. The maximum Gasteiger partial charge on any atom is 0.0283 e. The first-order chi connectivity index (χ1) is 6.18. The van der Waals surface area contributed by atoms with E-state index in [1.54, 1.807) is 0 Å². The fraction of sp³-hybridized carbons (Fsp3) is 1.00. The SMILES string of the molecule is CN1CCN(CC2(N)CCC2)CC1. The summed E-state index contributed by atoms with van der Waals surface area (Å²) in [7, 11) is 2.19. The fourth-order valence-corrected chi connectivity index (χ4v) is 2.24. The van der Waals surface area contributed by atoms with Crippen LogP contribution < -0.4 is 5.73 Å². The summed E-state index contributed by atoms with van der Waals surface area (Å²) in [6.45, 7) is 5.94. The smallest absolute Gasteiger partial charge is 0.0283 e. The zero-order valence-corrected chi connectivity index (χ0v) is 8.63. The highest BCUT2D eigenvalue weighted by molar-refractivity contribution is 4.95. The molecule has 3 nitrogen and oxygen atoms in total. The minimum absolute atomic E-state index is 0.176. The van der Waals surface area contributed by atoms with Crippen molar-refractivity contribution < 1.29 is 0 Å². The van der Waals surface area contributed by atoms with E-state index in [0.717, 1.165) is 6.54 Å². The monoisotopic (exact) mass is 183 g/mol. The maximum absolute atomic E-state index is 6.21. The van der Waals surface area contributed by atoms with Gasteiger partial charge in [-0.3, -0.25) is 4.90 Å². The zero-order valence-electron chi connectivity index (χ0n) is 8.63. The van der Waals surface area contributed by atoms with Crippen molar-refractivity contribution in [2.75, 3.05) is 39.8 Å². The lowest BCUT2D eigenvalue weighted by Crippen LogP contribution is -2.58. The predicted octanol–water partition coefficient (Wildman–Crippen LogP) is 0.115. The molecule has 13 heavy (non-hydrogen) atoms. The molecule has 1 saturated carbocycles. The summed E-state index contributed by atoms with van der Waals surface area (Å²) in [5.41, 5.74) is 6.39. The van der Waals surface area contributed by atoms with Gasteiger partial charge >= 0.3 is 0 Å². The maximum atomic E-state index is 6.21. The van der Waals surface area contributed by atoms with Crippen LogP contribution in [0, 0.1) is 0 Å². The highest BCUT2D eigenvalue weighted by Crippen LogP contribution is 2.29. The number of hydrogen-bond donors (Lipinski definition) is 1. The zero-order chi connectivity index (χ0) is 9.31. The molecular formula is C10H21N3. The third kappa shape index (κ3) is 2.22. The molecule has 0 aromatic carbocycles. The van der Waals surface area contributed by atoms with Gasteiger partial charge in [-0.25, -0.2) is 0 Å². The number of nitrogens with two attached hydrogens (primary N) is 1. The molecule has 0 bridgehead atoms. The van der Waals surface area contributed by atoms with Crippen molar-refractivity contribution in [1.82, 2.24) is 9.80 Å². The second-order valence-corrected chi connectivity index (χ2v) is 4.80. The van der Waals surface area contributed by atoms with E-state index >= 15 is 0 Å². The van der Waals surface area contributed by atoms with Crippen LogP contribution >= 0.6 is 0 Å². The van der Waals surface area contributed by atoms with Crippen molar-refractivity contribution in [2.24, 2.45) is 5.73 Å². The van der Waals surface area contributed by atoms with Crippen LogP contribution in [-0.4, -0.2) is 55.1 Å². The van der Waals surface area contributed by atoms with E-state index in [2.05, 4.69) is 16.8 Å².